The van der Waals surface area contributed by atoms with Crippen LogP contribution in [0.4, 0.5) is 5.13 Å². The third-order valence-electron chi connectivity index (χ3n) is 4.23. The zero-order valence-corrected chi connectivity index (χ0v) is 17.4. The Bertz CT molecular complexity index is 971. The lowest BCUT2D eigenvalue weighted by Gasteiger charge is -2.22. The lowest BCUT2D eigenvalue weighted by molar-refractivity contribution is 0.0985. The summed E-state index contributed by atoms with van der Waals surface area (Å²) in [5, 5.41) is 1.19. The molecule has 27 heavy (non-hydrogen) atoms. The topological polar surface area (TPSA) is 45.7 Å². The van der Waals surface area contributed by atoms with Gasteiger partial charge in [0.2, 0.25) is 0 Å². The van der Waals surface area contributed by atoms with Crippen molar-refractivity contribution in [1.82, 2.24) is 9.88 Å². The van der Waals surface area contributed by atoms with Gasteiger partial charge in [0, 0.05) is 23.7 Å². The van der Waals surface area contributed by atoms with Gasteiger partial charge in [-0.15, -0.1) is 0 Å². The maximum Gasteiger partial charge on any atom is 0.260 e. The number of carbonyl (C=O) groups excluding carboxylic acids is 1. The highest BCUT2D eigenvalue weighted by atomic mass is 35.5. The SMILES string of the molecule is COc1ccc(C)c2sc(N(CCN(C)C)C(=O)c3cccc(Cl)c3)nc12. The number of thiazole rings is 1. The first-order chi connectivity index (χ1) is 12.9. The van der Waals surface area contributed by atoms with E-state index in [4.69, 9.17) is 21.3 Å². The molecule has 0 aliphatic carbocycles. The van der Waals surface area contributed by atoms with Crippen LogP contribution >= 0.6 is 22.9 Å². The lowest BCUT2D eigenvalue weighted by atomic mass is 10.2. The second-order valence-electron chi connectivity index (χ2n) is 6.53. The molecule has 142 valence electrons. The number of hydrogen-bond acceptors (Lipinski definition) is 5. The predicted molar refractivity (Wildman–Crippen MR) is 113 cm³/mol. The molecule has 0 saturated carbocycles. The van der Waals surface area contributed by atoms with Gasteiger partial charge in [0.05, 0.1) is 11.8 Å². The summed E-state index contributed by atoms with van der Waals surface area (Å²) in [4.78, 5) is 21.7. The minimum Gasteiger partial charge on any atom is -0.494 e. The Balaban J connectivity index is 2.06. The van der Waals surface area contributed by atoms with E-state index in [2.05, 4.69) is 0 Å². The quantitative estimate of drug-likeness (QED) is 0.609. The number of nitrogens with zero attached hydrogens (tertiary/aromatic N) is 3. The van der Waals surface area contributed by atoms with Crippen molar-refractivity contribution >= 4 is 44.2 Å². The van der Waals surface area contributed by atoms with Gasteiger partial charge >= 0.3 is 0 Å². The Labute approximate surface area is 168 Å². The molecule has 1 amide bonds. The summed E-state index contributed by atoms with van der Waals surface area (Å²) in [6.45, 7) is 3.28. The van der Waals surface area contributed by atoms with Crippen molar-refractivity contribution in [1.29, 1.82) is 0 Å². The first kappa shape index (κ1) is 19.6. The highest BCUT2D eigenvalue weighted by Crippen LogP contribution is 2.36. The highest BCUT2D eigenvalue weighted by Gasteiger charge is 2.23. The van der Waals surface area contributed by atoms with Crippen LogP contribution in [0.3, 0.4) is 0 Å². The largest absolute Gasteiger partial charge is 0.494 e. The molecule has 0 aliphatic heterocycles. The minimum absolute atomic E-state index is 0.116. The van der Waals surface area contributed by atoms with Crippen molar-refractivity contribution < 1.29 is 9.53 Å². The number of aromatic nitrogens is 1. The van der Waals surface area contributed by atoms with Crippen molar-refractivity contribution in [3.05, 3.63) is 52.5 Å². The first-order valence-electron chi connectivity index (χ1n) is 8.57. The highest BCUT2D eigenvalue weighted by molar-refractivity contribution is 7.22. The maximum atomic E-state index is 13.2. The second kappa shape index (κ2) is 8.25. The first-order valence-corrected chi connectivity index (χ1v) is 9.76. The van der Waals surface area contributed by atoms with Crippen molar-refractivity contribution in [2.24, 2.45) is 0 Å². The molecular formula is C20H22ClN3O2S. The number of hydrogen-bond donors (Lipinski definition) is 0. The van der Waals surface area contributed by atoms with E-state index in [1.807, 2.05) is 38.1 Å². The van der Waals surface area contributed by atoms with Crippen molar-refractivity contribution in [3.63, 3.8) is 0 Å². The number of carbonyl (C=O) groups is 1. The van der Waals surface area contributed by atoms with E-state index in [1.54, 1.807) is 36.3 Å². The van der Waals surface area contributed by atoms with Gasteiger partial charge in [-0.3, -0.25) is 9.69 Å². The van der Waals surface area contributed by atoms with Crippen molar-refractivity contribution in [2.75, 3.05) is 39.2 Å². The maximum absolute atomic E-state index is 13.2. The molecule has 2 aromatic carbocycles. The van der Waals surface area contributed by atoms with Gasteiger partial charge in [0.1, 0.15) is 11.3 Å². The van der Waals surface area contributed by atoms with Crippen LogP contribution in [0.15, 0.2) is 36.4 Å². The van der Waals surface area contributed by atoms with E-state index >= 15 is 0 Å². The molecular weight excluding hydrogens is 382 g/mol. The number of benzene rings is 2. The van der Waals surface area contributed by atoms with Crippen LogP contribution in [0.5, 0.6) is 5.75 Å². The monoisotopic (exact) mass is 403 g/mol. The second-order valence-corrected chi connectivity index (χ2v) is 7.94. The van der Waals surface area contributed by atoms with Gasteiger partial charge in [0.15, 0.2) is 5.13 Å². The summed E-state index contributed by atoms with van der Waals surface area (Å²) in [5.74, 6) is 0.593. The van der Waals surface area contributed by atoms with Crippen LogP contribution in [0, 0.1) is 6.92 Å². The Hall–Kier alpha value is -2.15. The van der Waals surface area contributed by atoms with E-state index in [0.717, 1.165) is 22.3 Å². The fourth-order valence-electron chi connectivity index (χ4n) is 2.74. The van der Waals surface area contributed by atoms with Crippen LogP contribution < -0.4 is 9.64 Å². The number of halogens is 1. The zero-order valence-electron chi connectivity index (χ0n) is 15.8. The summed E-state index contributed by atoms with van der Waals surface area (Å²) >= 11 is 7.59. The van der Waals surface area contributed by atoms with Crippen LogP contribution in [0.2, 0.25) is 5.02 Å². The molecule has 3 rings (SSSR count). The van der Waals surface area contributed by atoms with Crippen molar-refractivity contribution in [2.45, 2.75) is 6.92 Å². The Morgan fingerprint density at radius 2 is 2.00 bits per heavy atom. The molecule has 0 saturated heterocycles. The van der Waals surface area contributed by atoms with Gasteiger partial charge in [-0.1, -0.05) is 35.1 Å². The van der Waals surface area contributed by atoms with Crippen LogP contribution in [0.1, 0.15) is 15.9 Å². The van der Waals surface area contributed by atoms with Crippen LogP contribution in [-0.2, 0) is 0 Å². The molecule has 0 unspecified atom stereocenters. The van der Waals surface area contributed by atoms with E-state index < -0.39 is 0 Å². The Kier molecular flexibility index (Phi) is 5.99. The standard InChI is InChI=1S/C20H22ClN3O2S/c1-13-8-9-16(26-4)17-18(13)27-20(22-17)24(11-10-23(2)3)19(25)14-6-5-7-15(21)12-14/h5-9,12H,10-11H2,1-4H3. The number of methoxy groups -OCH3 is 1. The van der Waals surface area contributed by atoms with E-state index in [-0.39, 0.29) is 5.91 Å². The average Bonchev–Trinajstić information content (AvgIpc) is 3.08. The minimum atomic E-state index is -0.116. The summed E-state index contributed by atoms with van der Waals surface area (Å²) in [7, 11) is 5.59. The van der Waals surface area contributed by atoms with Gasteiger partial charge < -0.3 is 9.64 Å². The third kappa shape index (κ3) is 4.24. The van der Waals surface area contributed by atoms with Gasteiger partial charge in [-0.2, -0.15) is 0 Å². The fourth-order valence-corrected chi connectivity index (χ4v) is 4.01. The van der Waals surface area contributed by atoms with Gasteiger partial charge in [-0.25, -0.2) is 4.98 Å². The molecule has 5 nitrogen and oxygen atoms in total. The summed E-state index contributed by atoms with van der Waals surface area (Å²) in [6, 6.07) is 10.9. The van der Waals surface area contributed by atoms with Gasteiger partial charge in [-0.05, 0) is 50.8 Å². The normalized spacial score (nSPS) is 11.2. The molecule has 0 aliphatic rings. The van der Waals surface area contributed by atoms with Gasteiger partial charge in [0.25, 0.3) is 5.91 Å². The Morgan fingerprint density at radius 3 is 2.67 bits per heavy atom. The molecule has 1 aromatic heterocycles. The number of likely N-dealkylation sites (N-methyl/N-ethyl adjacent to an activating group) is 1. The summed E-state index contributed by atoms with van der Waals surface area (Å²) < 4.78 is 6.48. The third-order valence-corrected chi connectivity index (χ3v) is 5.68. The molecule has 0 N–H and O–H groups in total. The molecule has 0 atom stereocenters. The average molecular weight is 404 g/mol. The number of ether oxygens (including phenoxy) is 1. The Morgan fingerprint density at radius 1 is 1.22 bits per heavy atom. The number of fused-ring (bicyclic) bond motifs is 1. The number of anilines is 1. The molecule has 7 heteroatoms. The molecule has 0 spiro atoms. The fraction of sp³-hybridized carbons (Fsp3) is 0.300. The smallest absolute Gasteiger partial charge is 0.260 e. The lowest BCUT2D eigenvalue weighted by Crippen LogP contribution is -2.36. The van der Waals surface area contributed by atoms with Crippen molar-refractivity contribution in [3.8, 4) is 5.75 Å². The molecule has 0 fully saturated rings. The summed E-state index contributed by atoms with van der Waals surface area (Å²) in [6.07, 6.45) is 0. The van der Waals surface area contributed by atoms with E-state index in [1.165, 1.54) is 11.3 Å². The van der Waals surface area contributed by atoms with E-state index in [0.29, 0.717) is 28.0 Å². The number of rotatable bonds is 6. The summed E-state index contributed by atoms with van der Waals surface area (Å²) in [5.41, 5.74) is 2.44. The molecule has 1 heterocycles. The zero-order chi connectivity index (χ0) is 19.6. The molecule has 3 aromatic rings. The molecule has 0 bridgehead atoms. The van der Waals surface area contributed by atoms with Crippen LogP contribution in [-0.4, -0.2) is 50.1 Å². The van der Waals surface area contributed by atoms with E-state index in [9.17, 15) is 4.79 Å². The number of amides is 1. The number of aryl methyl sites for hydroxylation is 1. The molecule has 0 radical (unpaired) electrons. The van der Waals surface area contributed by atoms with Crippen LogP contribution in [0.25, 0.3) is 10.2 Å². The predicted octanol–water partition coefficient (Wildman–Crippen LogP) is 4.48.